The predicted octanol–water partition coefficient (Wildman–Crippen LogP) is 1.27. The summed E-state index contributed by atoms with van der Waals surface area (Å²) in [6.07, 6.45) is 1.12. The molecule has 1 fully saturated rings. The van der Waals surface area contributed by atoms with Crippen molar-refractivity contribution in [2.75, 3.05) is 13.1 Å². The summed E-state index contributed by atoms with van der Waals surface area (Å²) in [7, 11) is 0. The topological polar surface area (TPSA) is 69.7 Å². The van der Waals surface area contributed by atoms with Crippen LogP contribution in [0.25, 0.3) is 0 Å². The highest BCUT2D eigenvalue weighted by atomic mass is 16.3. The van der Waals surface area contributed by atoms with E-state index >= 15 is 0 Å². The van der Waals surface area contributed by atoms with Crippen LogP contribution >= 0.6 is 0 Å². The number of hydrogen-bond donors (Lipinski definition) is 3. The molecule has 0 radical (unpaired) electrons. The second-order valence-corrected chi connectivity index (χ2v) is 4.93. The van der Waals surface area contributed by atoms with Crippen LogP contribution in [0.3, 0.4) is 0 Å². The van der Waals surface area contributed by atoms with E-state index in [4.69, 9.17) is 5.73 Å². The number of phenolic OH excluding ortho intramolecular Hbond substituents is 2. The normalized spacial score (nSPS) is 25.3. The fraction of sp³-hybridized carbons (Fsp3) is 0.538. The van der Waals surface area contributed by atoms with Gasteiger partial charge in [0.25, 0.3) is 0 Å². The van der Waals surface area contributed by atoms with Crippen molar-refractivity contribution in [3.05, 3.63) is 23.8 Å². The number of phenols is 2. The summed E-state index contributed by atoms with van der Waals surface area (Å²) >= 11 is 0. The molecular formula is C13H20N2O2. The SMILES string of the molecule is CC1CC(CN)CN1Cc1ccc(O)cc1O. The molecule has 94 valence electrons. The minimum absolute atomic E-state index is 0.0977. The lowest BCUT2D eigenvalue weighted by molar-refractivity contribution is 0.252. The molecule has 1 heterocycles. The summed E-state index contributed by atoms with van der Waals surface area (Å²) < 4.78 is 0. The molecule has 2 atom stereocenters. The van der Waals surface area contributed by atoms with Gasteiger partial charge >= 0.3 is 0 Å². The Hall–Kier alpha value is -1.26. The van der Waals surface area contributed by atoms with Gasteiger partial charge in [0, 0.05) is 30.8 Å². The minimum Gasteiger partial charge on any atom is -0.508 e. The summed E-state index contributed by atoms with van der Waals surface area (Å²) in [6, 6.07) is 5.26. The lowest BCUT2D eigenvalue weighted by atomic mass is 10.1. The summed E-state index contributed by atoms with van der Waals surface area (Å²) in [6.45, 7) is 4.61. The smallest absolute Gasteiger partial charge is 0.123 e. The molecule has 2 rings (SSSR count). The standard InChI is InChI=1S/C13H20N2O2/c1-9-4-10(6-14)7-15(9)8-11-2-3-12(16)5-13(11)17/h2-3,5,9-10,16-17H,4,6-8,14H2,1H3. The number of likely N-dealkylation sites (tertiary alicyclic amines) is 1. The zero-order chi connectivity index (χ0) is 12.4. The van der Waals surface area contributed by atoms with Gasteiger partial charge in [0.1, 0.15) is 11.5 Å². The summed E-state index contributed by atoms with van der Waals surface area (Å²) in [5.74, 6) is 0.818. The molecule has 1 aliphatic heterocycles. The molecule has 4 heteroatoms. The van der Waals surface area contributed by atoms with E-state index in [1.54, 1.807) is 12.1 Å². The Bertz CT molecular complexity index is 395. The van der Waals surface area contributed by atoms with E-state index in [2.05, 4.69) is 11.8 Å². The van der Waals surface area contributed by atoms with Gasteiger partial charge in [-0.1, -0.05) is 6.07 Å². The van der Waals surface area contributed by atoms with Crippen molar-refractivity contribution in [3.63, 3.8) is 0 Å². The van der Waals surface area contributed by atoms with Gasteiger partial charge in [0.05, 0.1) is 0 Å². The number of nitrogens with zero attached hydrogens (tertiary/aromatic N) is 1. The molecule has 1 aromatic carbocycles. The van der Waals surface area contributed by atoms with Crippen molar-refractivity contribution >= 4 is 0 Å². The Kier molecular flexibility index (Phi) is 3.54. The molecule has 17 heavy (non-hydrogen) atoms. The Labute approximate surface area is 102 Å². The molecule has 4 nitrogen and oxygen atoms in total. The highest BCUT2D eigenvalue weighted by molar-refractivity contribution is 5.38. The maximum Gasteiger partial charge on any atom is 0.123 e. The van der Waals surface area contributed by atoms with Crippen LogP contribution in [0, 0.1) is 5.92 Å². The molecule has 2 unspecified atom stereocenters. The molecule has 1 saturated heterocycles. The Morgan fingerprint density at radius 3 is 2.76 bits per heavy atom. The van der Waals surface area contributed by atoms with Crippen molar-refractivity contribution in [1.82, 2.24) is 4.90 Å². The molecular weight excluding hydrogens is 216 g/mol. The monoisotopic (exact) mass is 236 g/mol. The van der Waals surface area contributed by atoms with E-state index in [0.29, 0.717) is 18.5 Å². The third kappa shape index (κ3) is 2.70. The lowest BCUT2D eigenvalue weighted by Gasteiger charge is -2.21. The molecule has 1 aliphatic rings. The second kappa shape index (κ2) is 4.94. The molecule has 0 aliphatic carbocycles. The van der Waals surface area contributed by atoms with Gasteiger partial charge in [-0.05, 0) is 31.9 Å². The maximum absolute atomic E-state index is 9.75. The van der Waals surface area contributed by atoms with Gasteiger partial charge in [-0.2, -0.15) is 0 Å². The number of benzene rings is 1. The number of rotatable bonds is 3. The Morgan fingerprint density at radius 2 is 2.18 bits per heavy atom. The molecule has 0 spiro atoms. The minimum atomic E-state index is 0.0977. The first-order chi connectivity index (χ1) is 8.10. The maximum atomic E-state index is 9.75. The van der Waals surface area contributed by atoms with Crippen LogP contribution in [-0.2, 0) is 6.54 Å². The van der Waals surface area contributed by atoms with Crippen molar-refractivity contribution in [3.8, 4) is 11.5 Å². The number of hydrogen-bond acceptors (Lipinski definition) is 4. The van der Waals surface area contributed by atoms with Gasteiger partial charge < -0.3 is 15.9 Å². The Balaban J connectivity index is 2.06. The molecule has 0 aromatic heterocycles. The van der Waals surface area contributed by atoms with Crippen molar-refractivity contribution in [2.45, 2.75) is 25.9 Å². The largest absolute Gasteiger partial charge is 0.508 e. The van der Waals surface area contributed by atoms with Crippen LogP contribution < -0.4 is 5.73 Å². The van der Waals surface area contributed by atoms with E-state index < -0.39 is 0 Å². The average molecular weight is 236 g/mol. The van der Waals surface area contributed by atoms with Gasteiger partial charge in [-0.25, -0.2) is 0 Å². The molecule has 4 N–H and O–H groups in total. The van der Waals surface area contributed by atoms with E-state index in [9.17, 15) is 10.2 Å². The highest BCUT2D eigenvalue weighted by Gasteiger charge is 2.28. The van der Waals surface area contributed by atoms with Crippen molar-refractivity contribution in [1.29, 1.82) is 0 Å². The highest BCUT2D eigenvalue weighted by Crippen LogP contribution is 2.28. The molecule has 0 bridgehead atoms. The van der Waals surface area contributed by atoms with Crippen LogP contribution in [0.2, 0.25) is 0 Å². The fourth-order valence-corrected chi connectivity index (χ4v) is 2.51. The summed E-state index contributed by atoms with van der Waals surface area (Å²) in [5, 5.41) is 19.0. The van der Waals surface area contributed by atoms with Gasteiger partial charge in [-0.3, -0.25) is 4.90 Å². The zero-order valence-electron chi connectivity index (χ0n) is 10.1. The van der Waals surface area contributed by atoms with Crippen molar-refractivity contribution in [2.24, 2.45) is 11.7 Å². The summed E-state index contributed by atoms with van der Waals surface area (Å²) in [5.41, 5.74) is 6.55. The van der Waals surface area contributed by atoms with Crippen LogP contribution in [0.5, 0.6) is 11.5 Å². The quantitative estimate of drug-likeness (QED) is 0.739. The number of aromatic hydroxyl groups is 2. The van der Waals surface area contributed by atoms with E-state index in [1.807, 2.05) is 0 Å². The van der Waals surface area contributed by atoms with E-state index in [1.165, 1.54) is 6.07 Å². The van der Waals surface area contributed by atoms with Gasteiger partial charge in [0.15, 0.2) is 0 Å². The van der Waals surface area contributed by atoms with Gasteiger partial charge in [-0.15, -0.1) is 0 Å². The molecule has 0 saturated carbocycles. The van der Waals surface area contributed by atoms with Crippen LogP contribution in [-0.4, -0.2) is 34.2 Å². The van der Waals surface area contributed by atoms with Crippen LogP contribution in [0.15, 0.2) is 18.2 Å². The van der Waals surface area contributed by atoms with Crippen LogP contribution in [0.1, 0.15) is 18.9 Å². The van der Waals surface area contributed by atoms with E-state index in [-0.39, 0.29) is 11.5 Å². The third-order valence-electron chi connectivity index (χ3n) is 3.57. The average Bonchev–Trinajstić information content (AvgIpc) is 2.64. The first kappa shape index (κ1) is 12.2. The first-order valence-corrected chi connectivity index (χ1v) is 6.05. The lowest BCUT2D eigenvalue weighted by Crippen LogP contribution is -2.27. The van der Waals surface area contributed by atoms with Gasteiger partial charge in [0.2, 0.25) is 0 Å². The van der Waals surface area contributed by atoms with Crippen LogP contribution in [0.4, 0.5) is 0 Å². The summed E-state index contributed by atoms with van der Waals surface area (Å²) in [4.78, 5) is 2.32. The number of nitrogens with two attached hydrogens (primary N) is 1. The zero-order valence-corrected chi connectivity index (χ0v) is 10.1. The predicted molar refractivity (Wildman–Crippen MR) is 66.8 cm³/mol. The third-order valence-corrected chi connectivity index (χ3v) is 3.57. The first-order valence-electron chi connectivity index (χ1n) is 6.05. The fourth-order valence-electron chi connectivity index (χ4n) is 2.51. The van der Waals surface area contributed by atoms with Crippen molar-refractivity contribution < 1.29 is 10.2 Å². The second-order valence-electron chi connectivity index (χ2n) is 4.93. The molecule has 0 amide bonds. The van der Waals surface area contributed by atoms with E-state index in [0.717, 1.165) is 25.1 Å². The Morgan fingerprint density at radius 1 is 1.41 bits per heavy atom. The molecule has 1 aromatic rings.